The van der Waals surface area contributed by atoms with Gasteiger partial charge in [0.25, 0.3) is 0 Å². The largest absolute Gasteiger partial charge is 0.310 e. The molecule has 0 saturated carbocycles. The maximum absolute atomic E-state index is 4.44. The van der Waals surface area contributed by atoms with Gasteiger partial charge in [0.05, 0.1) is 6.20 Å². The third kappa shape index (κ3) is 3.94. The zero-order chi connectivity index (χ0) is 14.4. The summed E-state index contributed by atoms with van der Waals surface area (Å²) in [5.41, 5.74) is 3.95. The molecule has 3 heteroatoms. The minimum Gasteiger partial charge on any atom is -0.310 e. The predicted molar refractivity (Wildman–Crippen MR) is 83.8 cm³/mol. The highest BCUT2D eigenvalue weighted by Gasteiger charge is 2.13. The van der Waals surface area contributed by atoms with Crippen LogP contribution in [0.5, 0.6) is 0 Å². The molecule has 0 aliphatic carbocycles. The van der Waals surface area contributed by atoms with Gasteiger partial charge in [-0.25, -0.2) is 0 Å². The van der Waals surface area contributed by atoms with Gasteiger partial charge in [-0.3, -0.25) is 4.68 Å². The Morgan fingerprint density at radius 2 is 1.95 bits per heavy atom. The van der Waals surface area contributed by atoms with E-state index in [4.69, 9.17) is 0 Å². The minimum absolute atomic E-state index is 0.341. The first-order valence-corrected chi connectivity index (χ1v) is 7.54. The number of rotatable bonds is 7. The Hall–Kier alpha value is -1.61. The van der Waals surface area contributed by atoms with Gasteiger partial charge >= 0.3 is 0 Å². The average molecular weight is 271 g/mol. The fourth-order valence-electron chi connectivity index (χ4n) is 2.43. The lowest BCUT2D eigenvalue weighted by atomic mass is 10.0. The first-order chi connectivity index (χ1) is 9.72. The number of nitrogens with zero attached hydrogens (tertiary/aromatic N) is 2. The summed E-state index contributed by atoms with van der Waals surface area (Å²) in [4.78, 5) is 0. The zero-order valence-corrected chi connectivity index (χ0v) is 12.8. The summed E-state index contributed by atoms with van der Waals surface area (Å²) in [6.45, 7) is 8.41. The van der Waals surface area contributed by atoms with Crippen molar-refractivity contribution in [3.05, 3.63) is 53.3 Å². The number of nitrogens with one attached hydrogen (secondary N) is 1. The molecule has 0 aliphatic heterocycles. The van der Waals surface area contributed by atoms with Gasteiger partial charge in [0.1, 0.15) is 0 Å². The summed E-state index contributed by atoms with van der Waals surface area (Å²) in [6, 6.07) is 9.14. The van der Waals surface area contributed by atoms with Gasteiger partial charge in [-0.05, 0) is 31.9 Å². The molecule has 0 aliphatic rings. The monoisotopic (exact) mass is 271 g/mol. The Morgan fingerprint density at radius 1 is 1.20 bits per heavy atom. The van der Waals surface area contributed by atoms with Gasteiger partial charge in [0.2, 0.25) is 0 Å². The smallest absolute Gasteiger partial charge is 0.0537 e. The Kier molecular flexibility index (Phi) is 5.36. The molecule has 1 atom stereocenters. The molecule has 0 bridgehead atoms. The van der Waals surface area contributed by atoms with Crippen molar-refractivity contribution in [2.45, 2.75) is 46.2 Å². The summed E-state index contributed by atoms with van der Waals surface area (Å²) in [7, 11) is 0. The second kappa shape index (κ2) is 7.25. The molecule has 20 heavy (non-hydrogen) atoms. The second-order valence-electron chi connectivity index (χ2n) is 5.34. The number of aryl methyl sites for hydroxylation is 2. The molecule has 0 radical (unpaired) electrons. The van der Waals surface area contributed by atoms with Crippen LogP contribution in [0.25, 0.3) is 0 Å². The summed E-state index contributed by atoms with van der Waals surface area (Å²) in [6.07, 6.45) is 6.29. The number of likely N-dealkylation sites (N-methyl/N-ethyl adjacent to an activating group) is 1. The second-order valence-corrected chi connectivity index (χ2v) is 5.34. The maximum atomic E-state index is 4.44. The molecular weight excluding hydrogens is 246 g/mol. The quantitative estimate of drug-likeness (QED) is 0.835. The first-order valence-electron chi connectivity index (χ1n) is 7.54. The van der Waals surface area contributed by atoms with Gasteiger partial charge in [0, 0.05) is 24.3 Å². The molecular formula is C17H25N3. The number of benzene rings is 1. The lowest BCUT2D eigenvalue weighted by Crippen LogP contribution is -2.22. The van der Waals surface area contributed by atoms with Crippen molar-refractivity contribution in [1.82, 2.24) is 15.1 Å². The van der Waals surface area contributed by atoms with Crippen LogP contribution in [0.3, 0.4) is 0 Å². The fourth-order valence-corrected chi connectivity index (χ4v) is 2.43. The summed E-state index contributed by atoms with van der Waals surface area (Å²) in [5, 5.41) is 8.01. The average Bonchev–Trinajstić information content (AvgIpc) is 2.90. The van der Waals surface area contributed by atoms with Crippen LogP contribution in [0.2, 0.25) is 0 Å². The van der Waals surface area contributed by atoms with Crippen molar-refractivity contribution in [2.75, 3.05) is 6.54 Å². The molecule has 1 unspecified atom stereocenters. The zero-order valence-electron chi connectivity index (χ0n) is 12.8. The van der Waals surface area contributed by atoms with Crippen molar-refractivity contribution in [3.8, 4) is 0 Å². The van der Waals surface area contributed by atoms with E-state index in [1.54, 1.807) is 0 Å². The molecule has 0 saturated heterocycles. The molecule has 3 nitrogen and oxygen atoms in total. The number of aromatic nitrogens is 2. The van der Waals surface area contributed by atoms with E-state index in [1.807, 2.05) is 10.9 Å². The summed E-state index contributed by atoms with van der Waals surface area (Å²) < 4.78 is 2.04. The highest BCUT2D eigenvalue weighted by molar-refractivity contribution is 5.24. The normalized spacial score (nSPS) is 12.6. The van der Waals surface area contributed by atoms with Crippen molar-refractivity contribution in [2.24, 2.45) is 0 Å². The van der Waals surface area contributed by atoms with Crippen molar-refractivity contribution in [1.29, 1.82) is 0 Å². The third-order valence-electron chi connectivity index (χ3n) is 3.52. The summed E-state index contributed by atoms with van der Waals surface area (Å²) in [5.74, 6) is 0. The fraction of sp³-hybridized carbons (Fsp3) is 0.471. The van der Waals surface area contributed by atoms with Gasteiger partial charge < -0.3 is 5.32 Å². The van der Waals surface area contributed by atoms with Crippen LogP contribution >= 0.6 is 0 Å². The maximum Gasteiger partial charge on any atom is 0.0537 e. The molecule has 2 rings (SSSR count). The van der Waals surface area contributed by atoms with E-state index in [0.29, 0.717) is 6.04 Å². The van der Waals surface area contributed by atoms with Gasteiger partial charge in [-0.1, -0.05) is 43.7 Å². The number of hydrogen-bond acceptors (Lipinski definition) is 2. The van der Waals surface area contributed by atoms with Crippen molar-refractivity contribution >= 4 is 0 Å². The topological polar surface area (TPSA) is 29.9 Å². The number of hydrogen-bond donors (Lipinski definition) is 1. The molecule has 2 aromatic rings. The molecule has 1 aromatic carbocycles. The molecule has 0 amide bonds. The third-order valence-corrected chi connectivity index (χ3v) is 3.52. The lowest BCUT2D eigenvalue weighted by molar-refractivity contribution is 0.547. The van der Waals surface area contributed by atoms with Crippen LogP contribution in [0.1, 0.15) is 43.0 Å². The van der Waals surface area contributed by atoms with E-state index in [0.717, 1.165) is 25.9 Å². The van der Waals surface area contributed by atoms with E-state index in [9.17, 15) is 0 Å². The van der Waals surface area contributed by atoms with E-state index in [1.165, 1.54) is 16.7 Å². The van der Waals surface area contributed by atoms with E-state index < -0.39 is 0 Å². The van der Waals surface area contributed by atoms with E-state index in [-0.39, 0.29) is 0 Å². The minimum atomic E-state index is 0.341. The van der Waals surface area contributed by atoms with Crippen LogP contribution in [-0.4, -0.2) is 16.3 Å². The van der Waals surface area contributed by atoms with Gasteiger partial charge in [0.15, 0.2) is 0 Å². The van der Waals surface area contributed by atoms with E-state index in [2.05, 4.69) is 61.6 Å². The molecule has 1 aromatic heterocycles. The van der Waals surface area contributed by atoms with Crippen LogP contribution < -0.4 is 5.32 Å². The first kappa shape index (κ1) is 14.8. The highest BCUT2D eigenvalue weighted by Crippen LogP contribution is 2.18. The Labute approximate surface area is 122 Å². The standard InChI is InChI=1S/C17H25N3/c1-4-10-20-13-16(12-19-20)17(18-5-2)11-15-8-6-14(3)7-9-15/h6-9,12-13,17-18H,4-5,10-11H2,1-3H3. The van der Waals surface area contributed by atoms with Crippen LogP contribution in [0, 0.1) is 6.92 Å². The van der Waals surface area contributed by atoms with E-state index >= 15 is 0 Å². The predicted octanol–water partition coefficient (Wildman–Crippen LogP) is 3.49. The van der Waals surface area contributed by atoms with Crippen LogP contribution in [0.15, 0.2) is 36.7 Å². The molecule has 0 spiro atoms. The highest BCUT2D eigenvalue weighted by atomic mass is 15.3. The lowest BCUT2D eigenvalue weighted by Gasteiger charge is -2.16. The van der Waals surface area contributed by atoms with Crippen LogP contribution in [0.4, 0.5) is 0 Å². The van der Waals surface area contributed by atoms with Crippen molar-refractivity contribution in [3.63, 3.8) is 0 Å². The van der Waals surface area contributed by atoms with Crippen molar-refractivity contribution < 1.29 is 0 Å². The Balaban J connectivity index is 2.10. The Bertz CT molecular complexity index is 513. The molecule has 0 fully saturated rings. The van der Waals surface area contributed by atoms with Crippen LogP contribution in [-0.2, 0) is 13.0 Å². The molecule has 108 valence electrons. The Morgan fingerprint density at radius 3 is 2.60 bits per heavy atom. The van der Waals surface area contributed by atoms with Gasteiger partial charge in [-0.2, -0.15) is 5.10 Å². The molecule has 1 heterocycles. The van der Waals surface area contributed by atoms with Gasteiger partial charge in [-0.15, -0.1) is 0 Å². The molecule has 1 N–H and O–H groups in total. The SMILES string of the molecule is CCCn1cc(C(Cc2ccc(C)cc2)NCC)cn1. The summed E-state index contributed by atoms with van der Waals surface area (Å²) >= 11 is 0.